The number of hydrogen-bond donors (Lipinski definition) is 1. The summed E-state index contributed by atoms with van der Waals surface area (Å²) in [7, 11) is -1.77. The Balaban J connectivity index is 2.04. The zero-order chi connectivity index (χ0) is 19.5. The monoisotopic (exact) mass is 393 g/mol. The summed E-state index contributed by atoms with van der Waals surface area (Å²) in [6.45, 7) is 6.10. The van der Waals surface area contributed by atoms with Gasteiger partial charge in [0.25, 0.3) is 0 Å². The van der Waals surface area contributed by atoms with Crippen LogP contribution in [-0.4, -0.2) is 45.4 Å². The molecule has 1 saturated heterocycles. The van der Waals surface area contributed by atoms with Crippen LogP contribution in [0.2, 0.25) is 0 Å². The van der Waals surface area contributed by atoms with E-state index in [1.807, 2.05) is 0 Å². The van der Waals surface area contributed by atoms with Crippen molar-refractivity contribution in [1.82, 2.24) is 4.31 Å². The number of quaternary nitrogens is 1. The van der Waals surface area contributed by atoms with Gasteiger partial charge >= 0.3 is 6.18 Å². The van der Waals surface area contributed by atoms with Crippen molar-refractivity contribution in [2.75, 3.05) is 26.7 Å². The summed E-state index contributed by atoms with van der Waals surface area (Å²) >= 11 is 0. The maximum Gasteiger partial charge on any atom is 0.416 e. The first kappa shape index (κ1) is 21.2. The molecule has 8 heteroatoms. The molecule has 0 spiro atoms. The van der Waals surface area contributed by atoms with Crippen LogP contribution in [0.3, 0.4) is 0 Å². The van der Waals surface area contributed by atoms with E-state index in [4.69, 9.17) is 0 Å². The van der Waals surface area contributed by atoms with E-state index in [1.165, 1.54) is 15.3 Å². The van der Waals surface area contributed by atoms with E-state index in [9.17, 15) is 21.6 Å². The van der Waals surface area contributed by atoms with E-state index >= 15 is 0 Å². The van der Waals surface area contributed by atoms with Gasteiger partial charge in [0.15, 0.2) is 0 Å². The molecule has 0 bridgehead atoms. The van der Waals surface area contributed by atoms with E-state index in [-0.39, 0.29) is 4.90 Å². The van der Waals surface area contributed by atoms with Crippen molar-refractivity contribution in [3.63, 3.8) is 0 Å². The van der Waals surface area contributed by atoms with E-state index in [2.05, 4.69) is 20.9 Å². The van der Waals surface area contributed by atoms with Crippen molar-refractivity contribution in [3.05, 3.63) is 29.8 Å². The second-order valence-corrected chi connectivity index (χ2v) is 9.42. The van der Waals surface area contributed by atoms with Gasteiger partial charge < -0.3 is 4.90 Å². The first-order valence-corrected chi connectivity index (χ1v) is 10.5. The lowest BCUT2D eigenvalue weighted by molar-refractivity contribution is -0.907. The molecular weight excluding hydrogens is 365 g/mol. The molecule has 1 aliphatic heterocycles. The first-order chi connectivity index (χ1) is 12.0. The Morgan fingerprint density at radius 2 is 1.85 bits per heavy atom. The van der Waals surface area contributed by atoms with Gasteiger partial charge in [0.1, 0.15) is 0 Å². The van der Waals surface area contributed by atoms with Gasteiger partial charge in [0.2, 0.25) is 10.0 Å². The third-order valence-electron chi connectivity index (χ3n) is 5.07. The van der Waals surface area contributed by atoms with Crippen LogP contribution in [0, 0.1) is 5.92 Å². The summed E-state index contributed by atoms with van der Waals surface area (Å²) in [5.41, 5.74) is -0.939. The number of rotatable bonds is 6. The van der Waals surface area contributed by atoms with Crippen LogP contribution in [-0.2, 0) is 16.2 Å². The van der Waals surface area contributed by atoms with Crippen LogP contribution in [0.5, 0.6) is 0 Å². The lowest BCUT2D eigenvalue weighted by Crippen LogP contribution is -3.13. The standard InChI is InChI=1S/C18H27F3N2O2S/c1-14(2)7-10-22(3)16-8-11-23(12-9-16)26(24,25)17-6-4-5-15(13-17)18(19,20)21/h4-6,13-14,16H,7-12H2,1-3H3/p+1. The lowest BCUT2D eigenvalue weighted by atomic mass is 10.0. The van der Waals surface area contributed by atoms with Gasteiger partial charge in [-0.05, 0) is 30.5 Å². The Morgan fingerprint density at radius 1 is 1.23 bits per heavy atom. The summed E-state index contributed by atoms with van der Waals surface area (Å²) in [5.74, 6) is 0.631. The molecule has 0 aliphatic carbocycles. The normalized spacial score (nSPS) is 19.0. The maximum absolute atomic E-state index is 12.9. The van der Waals surface area contributed by atoms with Crippen molar-refractivity contribution < 1.29 is 26.5 Å². The Labute approximate surface area is 154 Å². The average Bonchev–Trinajstić information content (AvgIpc) is 2.59. The quantitative estimate of drug-likeness (QED) is 0.807. The fraction of sp³-hybridized carbons (Fsp3) is 0.667. The zero-order valence-corrected chi connectivity index (χ0v) is 16.3. The van der Waals surface area contributed by atoms with Crippen molar-refractivity contribution in [2.24, 2.45) is 5.92 Å². The molecule has 2 rings (SSSR count). The molecule has 4 nitrogen and oxygen atoms in total. The summed E-state index contributed by atoms with van der Waals surface area (Å²) in [6, 6.07) is 4.38. The first-order valence-electron chi connectivity index (χ1n) is 9.01. The van der Waals surface area contributed by atoms with Crippen LogP contribution in [0.15, 0.2) is 29.2 Å². The van der Waals surface area contributed by atoms with Crippen molar-refractivity contribution >= 4 is 10.0 Å². The van der Waals surface area contributed by atoms with Crippen LogP contribution < -0.4 is 4.90 Å². The van der Waals surface area contributed by atoms with Crippen LogP contribution >= 0.6 is 0 Å². The third kappa shape index (κ3) is 5.20. The molecule has 1 fully saturated rings. The van der Waals surface area contributed by atoms with Crippen LogP contribution in [0.4, 0.5) is 13.2 Å². The van der Waals surface area contributed by atoms with Gasteiger partial charge in [-0.3, -0.25) is 0 Å². The second kappa shape index (κ2) is 8.27. The van der Waals surface area contributed by atoms with Gasteiger partial charge in [-0.1, -0.05) is 19.9 Å². The minimum atomic E-state index is -4.55. The van der Waals surface area contributed by atoms with Crippen molar-refractivity contribution in [1.29, 1.82) is 0 Å². The highest BCUT2D eigenvalue weighted by atomic mass is 32.2. The zero-order valence-electron chi connectivity index (χ0n) is 15.5. The summed E-state index contributed by atoms with van der Waals surface area (Å²) in [6.07, 6.45) is -1.99. The van der Waals surface area contributed by atoms with Crippen molar-refractivity contribution in [2.45, 2.75) is 50.2 Å². The van der Waals surface area contributed by atoms with E-state index in [0.717, 1.165) is 44.0 Å². The second-order valence-electron chi connectivity index (χ2n) is 7.48. The SMILES string of the molecule is CC(C)CC[NH+](C)C1CCN(S(=O)(=O)c2cccc(C(F)(F)F)c2)CC1. The number of benzene rings is 1. The Kier molecular flexibility index (Phi) is 6.74. The fourth-order valence-electron chi connectivity index (χ4n) is 3.29. The molecule has 1 aliphatic rings. The lowest BCUT2D eigenvalue weighted by Gasteiger charge is -2.34. The van der Waals surface area contributed by atoms with Gasteiger partial charge in [0, 0.05) is 25.9 Å². The number of piperidine rings is 1. The Bertz CT molecular complexity index is 697. The van der Waals surface area contributed by atoms with E-state index < -0.39 is 21.8 Å². The van der Waals surface area contributed by atoms with Crippen LogP contribution in [0.25, 0.3) is 0 Å². The molecule has 1 aromatic rings. The molecule has 1 unspecified atom stereocenters. The summed E-state index contributed by atoms with van der Waals surface area (Å²) in [5, 5.41) is 0. The molecular formula is C18H28F3N2O2S+. The number of nitrogens with one attached hydrogen (secondary N) is 1. The van der Waals surface area contributed by atoms with Gasteiger partial charge in [-0.25, -0.2) is 8.42 Å². The Hall–Kier alpha value is -1.12. The molecule has 148 valence electrons. The van der Waals surface area contributed by atoms with E-state index in [1.54, 1.807) is 0 Å². The number of alkyl halides is 3. The van der Waals surface area contributed by atoms with Crippen LogP contribution in [0.1, 0.15) is 38.7 Å². The van der Waals surface area contributed by atoms with E-state index in [0.29, 0.717) is 25.0 Å². The molecule has 26 heavy (non-hydrogen) atoms. The van der Waals surface area contributed by atoms with Gasteiger partial charge in [0.05, 0.1) is 30.1 Å². The molecule has 0 saturated carbocycles. The molecule has 0 aromatic heterocycles. The minimum absolute atomic E-state index is 0.286. The number of nitrogens with zero attached hydrogens (tertiary/aromatic N) is 1. The molecule has 0 amide bonds. The summed E-state index contributed by atoms with van der Waals surface area (Å²) < 4.78 is 65.3. The number of sulfonamides is 1. The highest BCUT2D eigenvalue weighted by Crippen LogP contribution is 2.31. The average molecular weight is 393 g/mol. The fourth-order valence-corrected chi connectivity index (χ4v) is 4.81. The molecule has 0 radical (unpaired) electrons. The molecule has 1 aromatic carbocycles. The highest BCUT2D eigenvalue weighted by molar-refractivity contribution is 7.89. The number of hydrogen-bond acceptors (Lipinski definition) is 2. The predicted molar refractivity (Wildman–Crippen MR) is 94.4 cm³/mol. The predicted octanol–water partition coefficient (Wildman–Crippen LogP) is 2.42. The highest BCUT2D eigenvalue weighted by Gasteiger charge is 2.35. The minimum Gasteiger partial charge on any atom is -0.335 e. The Morgan fingerprint density at radius 3 is 2.38 bits per heavy atom. The number of halogens is 3. The smallest absolute Gasteiger partial charge is 0.335 e. The largest absolute Gasteiger partial charge is 0.416 e. The third-order valence-corrected chi connectivity index (χ3v) is 6.96. The topological polar surface area (TPSA) is 41.8 Å². The molecule has 1 heterocycles. The summed E-state index contributed by atoms with van der Waals surface area (Å²) in [4.78, 5) is 1.11. The van der Waals surface area contributed by atoms with Gasteiger partial charge in [-0.15, -0.1) is 0 Å². The molecule has 1 N–H and O–H groups in total. The molecule has 1 atom stereocenters. The van der Waals surface area contributed by atoms with Crippen molar-refractivity contribution in [3.8, 4) is 0 Å². The van der Waals surface area contributed by atoms with Gasteiger partial charge in [-0.2, -0.15) is 17.5 Å². The maximum atomic E-state index is 12.9.